The third-order valence-corrected chi connectivity index (χ3v) is 3.76. The van der Waals surface area contributed by atoms with Crippen LogP contribution in [0.2, 0.25) is 0 Å². The van der Waals surface area contributed by atoms with Crippen molar-refractivity contribution in [3.63, 3.8) is 0 Å². The lowest BCUT2D eigenvalue weighted by Crippen LogP contribution is -2.41. The van der Waals surface area contributed by atoms with E-state index in [0.29, 0.717) is 18.1 Å². The first-order valence-electron chi connectivity index (χ1n) is 7.06. The molecule has 1 aliphatic rings. The Morgan fingerprint density at radius 2 is 2.39 bits per heavy atom. The van der Waals surface area contributed by atoms with E-state index in [0.717, 1.165) is 26.0 Å². The zero-order chi connectivity index (χ0) is 12.8. The van der Waals surface area contributed by atoms with E-state index in [-0.39, 0.29) is 0 Å². The lowest BCUT2D eigenvalue weighted by atomic mass is 9.90. The van der Waals surface area contributed by atoms with Crippen LogP contribution in [-0.2, 0) is 11.2 Å². The lowest BCUT2D eigenvalue weighted by Gasteiger charge is -2.26. The van der Waals surface area contributed by atoms with Crippen LogP contribution in [0.4, 0.5) is 0 Å². The molecule has 0 amide bonds. The molecule has 1 fully saturated rings. The molecule has 18 heavy (non-hydrogen) atoms. The van der Waals surface area contributed by atoms with Gasteiger partial charge in [-0.1, -0.05) is 13.0 Å². The Kier molecular flexibility index (Phi) is 5.14. The molecule has 100 valence electrons. The average Bonchev–Trinajstić information content (AvgIpc) is 2.82. The van der Waals surface area contributed by atoms with Crippen molar-refractivity contribution in [2.45, 2.75) is 45.3 Å². The minimum atomic E-state index is 0.364. The summed E-state index contributed by atoms with van der Waals surface area (Å²) in [5, 5.41) is 3.67. The Bertz CT molecular complexity index is 342. The quantitative estimate of drug-likeness (QED) is 0.839. The van der Waals surface area contributed by atoms with Gasteiger partial charge in [0.25, 0.3) is 0 Å². The molecule has 3 unspecified atom stereocenters. The molecule has 0 saturated carbocycles. The summed E-state index contributed by atoms with van der Waals surface area (Å²) < 4.78 is 5.70. The number of ether oxygens (including phenoxy) is 1. The summed E-state index contributed by atoms with van der Waals surface area (Å²) in [6, 6.07) is 6.63. The maximum atomic E-state index is 5.70. The Morgan fingerprint density at radius 1 is 1.50 bits per heavy atom. The van der Waals surface area contributed by atoms with Gasteiger partial charge in [0.15, 0.2) is 0 Å². The second-order valence-corrected chi connectivity index (χ2v) is 5.11. The van der Waals surface area contributed by atoms with Crippen molar-refractivity contribution in [1.29, 1.82) is 0 Å². The van der Waals surface area contributed by atoms with Crippen molar-refractivity contribution >= 4 is 0 Å². The van der Waals surface area contributed by atoms with Crippen LogP contribution >= 0.6 is 0 Å². The van der Waals surface area contributed by atoms with Crippen LogP contribution < -0.4 is 5.32 Å². The summed E-state index contributed by atoms with van der Waals surface area (Å²) in [4.78, 5) is 4.44. The van der Waals surface area contributed by atoms with Crippen molar-refractivity contribution < 1.29 is 4.74 Å². The predicted octanol–water partition coefficient (Wildman–Crippen LogP) is 2.42. The molecule has 1 aromatic heterocycles. The fraction of sp³-hybridized carbons (Fsp3) is 0.667. The monoisotopic (exact) mass is 248 g/mol. The Balaban J connectivity index is 2.00. The number of nitrogens with one attached hydrogen (secondary N) is 1. The van der Waals surface area contributed by atoms with Gasteiger partial charge < -0.3 is 10.1 Å². The largest absolute Gasteiger partial charge is 0.378 e. The maximum absolute atomic E-state index is 5.70. The minimum Gasteiger partial charge on any atom is -0.378 e. The van der Waals surface area contributed by atoms with E-state index >= 15 is 0 Å². The van der Waals surface area contributed by atoms with Crippen molar-refractivity contribution in [1.82, 2.24) is 10.3 Å². The molecule has 1 saturated heterocycles. The highest BCUT2D eigenvalue weighted by molar-refractivity contribution is 5.06. The van der Waals surface area contributed by atoms with Crippen molar-refractivity contribution in [3.05, 3.63) is 30.1 Å². The highest BCUT2D eigenvalue weighted by Gasteiger charge is 2.31. The van der Waals surface area contributed by atoms with Gasteiger partial charge in [0.05, 0.1) is 6.10 Å². The summed E-state index contributed by atoms with van der Waals surface area (Å²) in [7, 11) is 0. The van der Waals surface area contributed by atoms with Crippen LogP contribution in [0.3, 0.4) is 0 Å². The second kappa shape index (κ2) is 6.86. The van der Waals surface area contributed by atoms with Crippen molar-refractivity contribution in [2.24, 2.45) is 5.92 Å². The van der Waals surface area contributed by atoms with Gasteiger partial charge in [-0.2, -0.15) is 0 Å². The van der Waals surface area contributed by atoms with E-state index in [1.807, 2.05) is 12.3 Å². The SMILES string of the molecule is CCCNC(Cc1ccccn1)C1CCOC1C. The molecule has 0 radical (unpaired) electrons. The van der Waals surface area contributed by atoms with Gasteiger partial charge in [-0.25, -0.2) is 0 Å². The Morgan fingerprint density at radius 3 is 3.00 bits per heavy atom. The Hall–Kier alpha value is -0.930. The highest BCUT2D eigenvalue weighted by atomic mass is 16.5. The predicted molar refractivity (Wildman–Crippen MR) is 73.5 cm³/mol. The standard InChI is InChI=1S/C15H24N2O/c1-3-8-17-15(14-7-10-18-12(14)2)11-13-6-4-5-9-16-13/h4-6,9,12,14-15,17H,3,7-8,10-11H2,1-2H3. The van der Waals surface area contributed by atoms with Gasteiger partial charge in [0.2, 0.25) is 0 Å². The lowest BCUT2D eigenvalue weighted by molar-refractivity contribution is 0.0953. The van der Waals surface area contributed by atoms with Crippen LogP contribution in [0.1, 0.15) is 32.4 Å². The van der Waals surface area contributed by atoms with E-state index in [9.17, 15) is 0 Å². The fourth-order valence-corrected chi connectivity index (χ4v) is 2.73. The number of aromatic nitrogens is 1. The van der Waals surface area contributed by atoms with Crippen LogP contribution in [0, 0.1) is 5.92 Å². The summed E-state index contributed by atoms with van der Waals surface area (Å²) in [5.41, 5.74) is 1.17. The number of hydrogen-bond acceptors (Lipinski definition) is 3. The highest BCUT2D eigenvalue weighted by Crippen LogP contribution is 2.25. The molecule has 3 atom stereocenters. The van der Waals surface area contributed by atoms with E-state index in [4.69, 9.17) is 4.74 Å². The molecule has 0 bridgehead atoms. The smallest absolute Gasteiger partial charge is 0.0590 e. The van der Waals surface area contributed by atoms with E-state index < -0.39 is 0 Å². The van der Waals surface area contributed by atoms with E-state index in [1.165, 1.54) is 12.1 Å². The zero-order valence-corrected chi connectivity index (χ0v) is 11.4. The summed E-state index contributed by atoms with van der Waals surface area (Å²) in [6.45, 7) is 6.37. The van der Waals surface area contributed by atoms with Gasteiger partial charge in [0, 0.05) is 36.9 Å². The van der Waals surface area contributed by atoms with Gasteiger partial charge in [-0.15, -0.1) is 0 Å². The molecule has 1 aromatic rings. The summed E-state index contributed by atoms with van der Waals surface area (Å²) >= 11 is 0. The first kappa shape index (κ1) is 13.5. The van der Waals surface area contributed by atoms with E-state index in [2.05, 4.69) is 36.3 Å². The van der Waals surface area contributed by atoms with Crippen LogP contribution in [0.25, 0.3) is 0 Å². The summed E-state index contributed by atoms with van der Waals surface area (Å²) in [5.74, 6) is 0.610. The third-order valence-electron chi connectivity index (χ3n) is 3.76. The van der Waals surface area contributed by atoms with Crippen LogP contribution in [0.5, 0.6) is 0 Å². The molecular weight excluding hydrogens is 224 g/mol. The van der Waals surface area contributed by atoms with Gasteiger partial charge >= 0.3 is 0 Å². The molecule has 0 aliphatic carbocycles. The Labute approximate surface area is 110 Å². The van der Waals surface area contributed by atoms with Gasteiger partial charge in [-0.05, 0) is 38.4 Å². The van der Waals surface area contributed by atoms with Gasteiger partial charge in [0.1, 0.15) is 0 Å². The topological polar surface area (TPSA) is 34.2 Å². The normalized spacial score (nSPS) is 25.2. The molecule has 2 heterocycles. The molecule has 0 spiro atoms. The zero-order valence-electron chi connectivity index (χ0n) is 11.4. The first-order valence-corrected chi connectivity index (χ1v) is 7.06. The molecular formula is C15H24N2O. The van der Waals surface area contributed by atoms with Gasteiger partial charge in [-0.3, -0.25) is 4.98 Å². The van der Waals surface area contributed by atoms with Crippen LogP contribution in [-0.4, -0.2) is 30.3 Å². The molecule has 3 nitrogen and oxygen atoms in total. The third kappa shape index (κ3) is 3.53. The molecule has 0 aromatic carbocycles. The van der Waals surface area contributed by atoms with Crippen LogP contribution in [0.15, 0.2) is 24.4 Å². The van der Waals surface area contributed by atoms with E-state index in [1.54, 1.807) is 0 Å². The van der Waals surface area contributed by atoms with Crippen molar-refractivity contribution in [3.8, 4) is 0 Å². The number of rotatable bonds is 6. The fourth-order valence-electron chi connectivity index (χ4n) is 2.73. The molecule has 1 N–H and O–H groups in total. The van der Waals surface area contributed by atoms with Crippen molar-refractivity contribution in [2.75, 3.05) is 13.2 Å². The number of hydrogen-bond donors (Lipinski definition) is 1. The molecule has 1 aliphatic heterocycles. The first-order chi connectivity index (χ1) is 8.81. The molecule has 2 rings (SSSR count). The average molecular weight is 248 g/mol. The summed E-state index contributed by atoms with van der Waals surface area (Å²) in [6.07, 6.45) is 5.57. The minimum absolute atomic E-state index is 0.364. The maximum Gasteiger partial charge on any atom is 0.0590 e. The number of pyridine rings is 1. The number of nitrogens with zero attached hydrogens (tertiary/aromatic N) is 1. The second-order valence-electron chi connectivity index (χ2n) is 5.11. The molecule has 3 heteroatoms.